The van der Waals surface area contributed by atoms with Crippen molar-refractivity contribution in [2.45, 2.75) is 45.7 Å². The first kappa shape index (κ1) is 18.4. The molecule has 128 valence electrons. The molecule has 1 aliphatic rings. The van der Waals surface area contributed by atoms with Gasteiger partial charge in [0.1, 0.15) is 0 Å². The summed E-state index contributed by atoms with van der Waals surface area (Å²) >= 11 is 1.54. The molecule has 7 heteroatoms. The number of thiazole rings is 1. The molecule has 0 saturated carbocycles. The fourth-order valence-electron chi connectivity index (χ4n) is 3.24. The van der Waals surface area contributed by atoms with Crippen molar-refractivity contribution < 1.29 is 0 Å². The summed E-state index contributed by atoms with van der Waals surface area (Å²) in [5.41, 5.74) is 1.91. The Bertz CT molecular complexity index is 693. The van der Waals surface area contributed by atoms with Crippen molar-refractivity contribution >= 4 is 28.7 Å². The molecule has 0 aliphatic carbocycles. The molecule has 23 heavy (non-hydrogen) atoms. The van der Waals surface area contributed by atoms with E-state index in [-0.39, 0.29) is 18.0 Å². The Labute approximate surface area is 147 Å². The Morgan fingerprint density at radius 2 is 2.17 bits per heavy atom. The molecule has 0 amide bonds. The largest absolute Gasteiger partial charge is 0.317 e. The lowest BCUT2D eigenvalue weighted by Gasteiger charge is -2.34. The minimum absolute atomic E-state index is 0. The summed E-state index contributed by atoms with van der Waals surface area (Å²) in [6.45, 7) is 8.18. The Morgan fingerprint density at radius 3 is 2.87 bits per heavy atom. The Hall–Kier alpha value is -0.950. The zero-order valence-corrected chi connectivity index (χ0v) is 15.4. The van der Waals surface area contributed by atoms with Gasteiger partial charge < -0.3 is 5.32 Å². The second-order valence-corrected chi connectivity index (χ2v) is 6.87. The first-order valence-corrected chi connectivity index (χ1v) is 8.98. The summed E-state index contributed by atoms with van der Waals surface area (Å²) in [7, 11) is 0. The fourth-order valence-corrected chi connectivity index (χ4v) is 4.13. The minimum Gasteiger partial charge on any atom is -0.317 e. The standard InChI is InChI=1S/C16H24N4OS.ClH/c1-3-8-19(14-4-6-17-7-5-14)10-13-9-15(21)20-12(2)11-22-16(20)18-13;/h9,11,14,17H,3-8,10H2,1-2H3;1H. The number of aryl methyl sites for hydroxylation is 1. The van der Waals surface area contributed by atoms with E-state index in [2.05, 4.69) is 17.1 Å². The number of aromatic nitrogens is 2. The molecule has 5 nitrogen and oxygen atoms in total. The first-order chi connectivity index (χ1) is 10.7. The van der Waals surface area contributed by atoms with Gasteiger partial charge in [0.2, 0.25) is 0 Å². The van der Waals surface area contributed by atoms with Crippen LogP contribution in [0.25, 0.3) is 4.96 Å². The van der Waals surface area contributed by atoms with Gasteiger partial charge in [-0.3, -0.25) is 14.1 Å². The van der Waals surface area contributed by atoms with Crippen LogP contribution in [0.3, 0.4) is 0 Å². The highest BCUT2D eigenvalue weighted by Crippen LogP contribution is 2.17. The van der Waals surface area contributed by atoms with Crippen LogP contribution in [-0.4, -0.2) is 40.0 Å². The maximum atomic E-state index is 12.3. The zero-order chi connectivity index (χ0) is 15.5. The minimum atomic E-state index is 0. The molecule has 3 heterocycles. The van der Waals surface area contributed by atoms with Gasteiger partial charge >= 0.3 is 0 Å². The summed E-state index contributed by atoms with van der Waals surface area (Å²) in [6, 6.07) is 2.31. The number of hydrogen-bond donors (Lipinski definition) is 1. The quantitative estimate of drug-likeness (QED) is 0.894. The third-order valence-electron chi connectivity index (χ3n) is 4.33. The van der Waals surface area contributed by atoms with Crippen molar-refractivity contribution in [3.8, 4) is 0 Å². The molecule has 2 aromatic heterocycles. The third kappa shape index (κ3) is 4.12. The highest BCUT2D eigenvalue weighted by Gasteiger charge is 2.21. The highest BCUT2D eigenvalue weighted by molar-refractivity contribution is 7.15. The molecule has 0 aromatic carbocycles. The molecule has 1 aliphatic heterocycles. The molecule has 0 unspecified atom stereocenters. The van der Waals surface area contributed by atoms with E-state index in [0.29, 0.717) is 6.04 Å². The smallest absolute Gasteiger partial charge is 0.259 e. The molecule has 0 atom stereocenters. The third-order valence-corrected chi connectivity index (χ3v) is 5.27. The van der Waals surface area contributed by atoms with Gasteiger partial charge in [0.25, 0.3) is 5.56 Å². The van der Waals surface area contributed by atoms with Gasteiger partial charge in [0, 0.05) is 29.7 Å². The lowest BCUT2D eigenvalue weighted by molar-refractivity contribution is 0.152. The zero-order valence-electron chi connectivity index (χ0n) is 13.7. The fraction of sp³-hybridized carbons (Fsp3) is 0.625. The van der Waals surface area contributed by atoms with E-state index in [4.69, 9.17) is 4.98 Å². The van der Waals surface area contributed by atoms with Crippen LogP contribution in [0, 0.1) is 6.92 Å². The summed E-state index contributed by atoms with van der Waals surface area (Å²) in [5, 5.41) is 5.41. The van der Waals surface area contributed by atoms with Crippen LogP contribution in [-0.2, 0) is 6.54 Å². The van der Waals surface area contributed by atoms with Gasteiger partial charge in [-0.15, -0.1) is 23.7 Å². The van der Waals surface area contributed by atoms with Gasteiger partial charge in [0.05, 0.1) is 5.69 Å². The van der Waals surface area contributed by atoms with Crippen LogP contribution in [0.15, 0.2) is 16.2 Å². The maximum Gasteiger partial charge on any atom is 0.259 e. The molecule has 2 aromatic rings. The molecular formula is C16H25ClN4OS. The number of nitrogens with zero attached hydrogens (tertiary/aromatic N) is 3. The lowest BCUT2D eigenvalue weighted by atomic mass is 10.0. The molecule has 0 spiro atoms. The van der Waals surface area contributed by atoms with Crippen LogP contribution in [0.2, 0.25) is 0 Å². The van der Waals surface area contributed by atoms with Crippen LogP contribution < -0.4 is 10.9 Å². The second-order valence-electron chi connectivity index (χ2n) is 6.03. The van der Waals surface area contributed by atoms with Crippen molar-refractivity contribution in [3.05, 3.63) is 33.2 Å². The SMILES string of the molecule is CCCN(Cc1cc(=O)n2c(C)csc2n1)C1CCNCC1.Cl. The van der Waals surface area contributed by atoms with Crippen molar-refractivity contribution in [2.24, 2.45) is 0 Å². The molecule has 3 rings (SSSR count). The number of halogens is 1. The maximum absolute atomic E-state index is 12.3. The Morgan fingerprint density at radius 1 is 1.43 bits per heavy atom. The van der Waals surface area contributed by atoms with Crippen LogP contribution in [0.5, 0.6) is 0 Å². The topological polar surface area (TPSA) is 49.6 Å². The predicted molar refractivity (Wildman–Crippen MR) is 97.9 cm³/mol. The van der Waals surface area contributed by atoms with Gasteiger partial charge in [-0.1, -0.05) is 6.92 Å². The second kappa shape index (κ2) is 8.24. The van der Waals surface area contributed by atoms with Gasteiger partial charge in [-0.05, 0) is 45.8 Å². The highest BCUT2D eigenvalue weighted by atomic mass is 35.5. The van der Waals surface area contributed by atoms with Crippen molar-refractivity contribution in [3.63, 3.8) is 0 Å². The molecule has 1 N–H and O–H groups in total. The van der Waals surface area contributed by atoms with Crippen molar-refractivity contribution in [2.75, 3.05) is 19.6 Å². The van der Waals surface area contributed by atoms with Crippen LogP contribution in [0.4, 0.5) is 0 Å². The van der Waals surface area contributed by atoms with Gasteiger partial charge in [-0.25, -0.2) is 4.98 Å². The van der Waals surface area contributed by atoms with E-state index in [1.165, 1.54) is 12.8 Å². The van der Waals surface area contributed by atoms with Crippen molar-refractivity contribution in [1.29, 1.82) is 0 Å². The number of nitrogens with one attached hydrogen (secondary N) is 1. The lowest BCUT2D eigenvalue weighted by Crippen LogP contribution is -2.43. The number of fused-ring (bicyclic) bond motifs is 1. The molecule has 1 fully saturated rings. The Balaban J connectivity index is 0.00000192. The van der Waals surface area contributed by atoms with Crippen LogP contribution in [0.1, 0.15) is 37.6 Å². The van der Waals surface area contributed by atoms with Gasteiger partial charge in [0.15, 0.2) is 4.96 Å². The summed E-state index contributed by atoms with van der Waals surface area (Å²) in [5.74, 6) is 0. The number of piperidine rings is 1. The molecule has 1 saturated heterocycles. The predicted octanol–water partition coefficient (Wildman–Crippen LogP) is 2.45. The van der Waals surface area contributed by atoms with E-state index in [1.54, 1.807) is 21.8 Å². The van der Waals surface area contributed by atoms with Crippen LogP contribution >= 0.6 is 23.7 Å². The molecule has 0 bridgehead atoms. The van der Waals surface area contributed by atoms with E-state index >= 15 is 0 Å². The monoisotopic (exact) mass is 356 g/mol. The first-order valence-electron chi connectivity index (χ1n) is 8.10. The van der Waals surface area contributed by atoms with E-state index < -0.39 is 0 Å². The normalized spacial score (nSPS) is 16.0. The van der Waals surface area contributed by atoms with Crippen molar-refractivity contribution in [1.82, 2.24) is 19.6 Å². The van der Waals surface area contributed by atoms with E-state index in [1.807, 2.05) is 12.3 Å². The summed E-state index contributed by atoms with van der Waals surface area (Å²) in [6.07, 6.45) is 3.49. The van der Waals surface area contributed by atoms with E-state index in [0.717, 1.165) is 48.9 Å². The van der Waals surface area contributed by atoms with Gasteiger partial charge in [-0.2, -0.15) is 0 Å². The summed E-state index contributed by atoms with van der Waals surface area (Å²) in [4.78, 5) is 20.3. The average Bonchev–Trinajstić information content (AvgIpc) is 2.89. The number of hydrogen-bond acceptors (Lipinski definition) is 5. The van der Waals surface area contributed by atoms with E-state index in [9.17, 15) is 4.79 Å². The average molecular weight is 357 g/mol. The molecular weight excluding hydrogens is 332 g/mol. The summed E-state index contributed by atoms with van der Waals surface area (Å²) < 4.78 is 1.70. The number of rotatable bonds is 5. The Kier molecular flexibility index (Phi) is 6.59. The molecule has 0 radical (unpaired) electrons.